The lowest BCUT2D eigenvalue weighted by Crippen LogP contribution is -2.59. The summed E-state index contributed by atoms with van der Waals surface area (Å²) in [7, 11) is -2.38. The quantitative estimate of drug-likeness (QED) is 0.163. The van der Waals surface area contributed by atoms with Crippen molar-refractivity contribution < 1.29 is 0 Å². The second-order valence-corrected chi connectivity index (χ2v) is 23.1. The van der Waals surface area contributed by atoms with Crippen LogP contribution in [0.1, 0.15) is 22.3 Å². The van der Waals surface area contributed by atoms with E-state index in [0.29, 0.717) is 0 Å². The molecule has 3 aliphatic rings. The molecule has 0 saturated carbocycles. The zero-order chi connectivity index (χ0) is 44.4. The maximum absolute atomic E-state index is 2.58. The van der Waals surface area contributed by atoms with Gasteiger partial charge in [0, 0.05) is 39.2 Å². The van der Waals surface area contributed by atoms with E-state index in [1.165, 1.54) is 105 Å². The molecule has 1 aliphatic carbocycles. The van der Waals surface area contributed by atoms with Crippen molar-refractivity contribution in [1.29, 1.82) is 0 Å². The summed E-state index contributed by atoms with van der Waals surface area (Å²) in [5.74, 6) is 0. The van der Waals surface area contributed by atoms with E-state index < -0.39 is 13.5 Å². The third-order valence-corrected chi connectivity index (χ3v) is 18.7. The first-order valence-corrected chi connectivity index (χ1v) is 26.4. The molecule has 2 aliphatic heterocycles. The Balaban J connectivity index is 1.01. The van der Waals surface area contributed by atoms with Crippen LogP contribution in [0.2, 0.25) is 13.1 Å². The van der Waals surface area contributed by atoms with Gasteiger partial charge in [-0.15, -0.1) is 0 Å². The SMILES string of the molecule is C[Si]1(C)c2ccccc2N(c2ccc3c(c2)c2ccccc2n3-c2ccc(-c3ccccc3)cc2)c2ccc3c(c21)-c1ccccc1C31c2ccccc2N(c2ccccc2)c2ccccc21. The third-order valence-electron chi connectivity index (χ3n) is 15.1. The molecule has 0 N–H and O–H groups in total. The number of para-hydroxylation sites is 5. The van der Waals surface area contributed by atoms with Gasteiger partial charge in [-0.05, 0) is 128 Å². The second-order valence-electron chi connectivity index (χ2n) is 18.8. The molecule has 11 aromatic rings. The Morgan fingerprint density at radius 2 is 0.910 bits per heavy atom. The average molecular weight is 872 g/mol. The lowest BCUT2D eigenvalue weighted by Gasteiger charge is -2.46. The van der Waals surface area contributed by atoms with Crippen LogP contribution < -0.4 is 20.2 Å². The lowest BCUT2D eigenvalue weighted by molar-refractivity contribution is 0.753. The third kappa shape index (κ3) is 5.16. The number of aromatic nitrogens is 1. The molecular weight excluding hydrogens is 827 g/mol. The molecule has 0 fully saturated rings. The Morgan fingerprint density at radius 3 is 1.66 bits per heavy atom. The average Bonchev–Trinajstić information content (AvgIpc) is 3.87. The topological polar surface area (TPSA) is 11.4 Å². The molecule has 0 bridgehead atoms. The van der Waals surface area contributed by atoms with Crippen molar-refractivity contribution in [3.05, 3.63) is 259 Å². The number of hydrogen-bond acceptors (Lipinski definition) is 2. The predicted octanol–water partition coefficient (Wildman–Crippen LogP) is 15.2. The smallest absolute Gasteiger partial charge is 0.118 e. The molecule has 10 aromatic carbocycles. The molecule has 0 unspecified atom stereocenters. The summed E-state index contributed by atoms with van der Waals surface area (Å²) in [6, 6.07) is 88.4. The molecular formula is C63H45N3Si. The van der Waals surface area contributed by atoms with Gasteiger partial charge in [0.25, 0.3) is 0 Å². The summed E-state index contributed by atoms with van der Waals surface area (Å²) in [6.07, 6.45) is 0. The van der Waals surface area contributed by atoms with Gasteiger partial charge >= 0.3 is 0 Å². The van der Waals surface area contributed by atoms with Gasteiger partial charge in [0.2, 0.25) is 0 Å². The first-order valence-electron chi connectivity index (χ1n) is 23.4. The molecule has 3 heterocycles. The van der Waals surface area contributed by atoms with Crippen molar-refractivity contribution in [2.75, 3.05) is 9.80 Å². The summed E-state index contributed by atoms with van der Waals surface area (Å²) in [5.41, 5.74) is 20.9. The first-order chi connectivity index (χ1) is 33.0. The molecule has 0 amide bonds. The molecule has 1 spiro atoms. The summed E-state index contributed by atoms with van der Waals surface area (Å²) in [5, 5.41) is 5.44. The number of hydrogen-bond donors (Lipinski definition) is 0. The fourth-order valence-electron chi connectivity index (χ4n) is 12.4. The van der Waals surface area contributed by atoms with Crippen LogP contribution in [0.3, 0.4) is 0 Å². The Kier molecular flexibility index (Phi) is 8.06. The van der Waals surface area contributed by atoms with E-state index in [0.717, 1.165) is 11.4 Å². The Bertz CT molecular complexity index is 3750. The van der Waals surface area contributed by atoms with Crippen LogP contribution in [-0.4, -0.2) is 12.6 Å². The highest BCUT2D eigenvalue weighted by molar-refractivity contribution is 7.03. The van der Waals surface area contributed by atoms with Gasteiger partial charge in [0.05, 0.1) is 27.8 Å². The highest BCUT2D eigenvalue weighted by Crippen LogP contribution is 2.64. The zero-order valence-corrected chi connectivity index (χ0v) is 38.4. The van der Waals surface area contributed by atoms with E-state index in [9.17, 15) is 0 Å². The summed E-state index contributed by atoms with van der Waals surface area (Å²) in [6.45, 7) is 5.16. The van der Waals surface area contributed by atoms with E-state index in [1.54, 1.807) is 0 Å². The van der Waals surface area contributed by atoms with Crippen LogP contribution >= 0.6 is 0 Å². The minimum atomic E-state index is -2.38. The van der Waals surface area contributed by atoms with E-state index in [2.05, 4.69) is 264 Å². The lowest BCUT2D eigenvalue weighted by atomic mass is 9.64. The van der Waals surface area contributed by atoms with Crippen molar-refractivity contribution >= 4 is 74.4 Å². The van der Waals surface area contributed by atoms with Crippen molar-refractivity contribution in [1.82, 2.24) is 4.57 Å². The standard InChI is InChI=1S/C63H45N3Si/c1-67(2)60-32-18-17-31-58(60)66(46-37-39-55-49(41-46)47-23-10-14-28-54(47)64(55)45-35-33-43(34-36-45)42-19-5-3-6-20-42)59-40-38-53-61(62(59)67)48-24-9-11-25-50(48)63(53)51-26-12-15-29-56(51)65(44-21-7-4-8-22-44)57-30-16-13-27-52(57)63/h3-41H,1-2H3. The number of nitrogens with zero attached hydrogens (tertiary/aromatic N) is 3. The van der Waals surface area contributed by atoms with Crippen LogP contribution in [0.25, 0.3) is 49.7 Å². The molecule has 316 valence electrons. The number of benzene rings is 10. The Labute approximate surface area is 392 Å². The van der Waals surface area contributed by atoms with Crippen LogP contribution in [0.4, 0.5) is 34.1 Å². The predicted molar refractivity (Wildman–Crippen MR) is 283 cm³/mol. The molecule has 3 nitrogen and oxygen atoms in total. The largest absolute Gasteiger partial charge is 0.311 e. The fourth-order valence-corrected chi connectivity index (χ4v) is 15.8. The molecule has 0 saturated heterocycles. The maximum atomic E-state index is 2.58. The highest BCUT2D eigenvalue weighted by atomic mass is 28.3. The molecule has 14 rings (SSSR count). The van der Waals surface area contributed by atoms with Crippen molar-refractivity contribution in [2.24, 2.45) is 0 Å². The summed E-state index contributed by atoms with van der Waals surface area (Å²) < 4.78 is 2.43. The van der Waals surface area contributed by atoms with Gasteiger partial charge in [-0.2, -0.15) is 0 Å². The van der Waals surface area contributed by atoms with E-state index in [4.69, 9.17) is 0 Å². The summed E-state index contributed by atoms with van der Waals surface area (Å²) in [4.78, 5) is 5.05. The fraction of sp³-hybridized carbons (Fsp3) is 0.0476. The monoisotopic (exact) mass is 871 g/mol. The summed E-state index contributed by atoms with van der Waals surface area (Å²) >= 11 is 0. The van der Waals surface area contributed by atoms with Gasteiger partial charge in [0.1, 0.15) is 8.07 Å². The normalized spacial score (nSPS) is 14.6. The van der Waals surface area contributed by atoms with Crippen LogP contribution in [0.15, 0.2) is 237 Å². The molecule has 1 aromatic heterocycles. The zero-order valence-electron chi connectivity index (χ0n) is 37.4. The van der Waals surface area contributed by atoms with Crippen molar-refractivity contribution in [3.8, 4) is 27.9 Å². The number of anilines is 6. The van der Waals surface area contributed by atoms with Crippen LogP contribution in [0.5, 0.6) is 0 Å². The number of fused-ring (bicyclic) bond motifs is 15. The molecule has 0 atom stereocenters. The maximum Gasteiger partial charge on any atom is 0.118 e. The minimum absolute atomic E-state index is 0.522. The second kappa shape index (κ2) is 14.2. The van der Waals surface area contributed by atoms with Gasteiger partial charge in [-0.3, -0.25) is 0 Å². The van der Waals surface area contributed by atoms with Crippen molar-refractivity contribution in [2.45, 2.75) is 18.5 Å². The van der Waals surface area contributed by atoms with E-state index >= 15 is 0 Å². The number of rotatable bonds is 4. The Morgan fingerprint density at radius 1 is 0.358 bits per heavy atom. The first kappa shape index (κ1) is 38.1. The van der Waals surface area contributed by atoms with Crippen LogP contribution in [-0.2, 0) is 5.41 Å². The van der Waals surface area contributed by atoms with E-state index in [1.807, 2.05) is 0 Å². The van der Waals surface area contributed by atoms with Crippen molar-refractivity contribution in [3.63, 3.8) is 0 Å². The highest BCUT2D eigenvalue weighted by Gasteiger charge is 2.54. The van der Waals surface area contributed by atoms with Crippen LogP contribution in [0, 0.1) is 0 Å². The van der Waals surface area contributed by atoms with Gasteiger partial charge < -0.3 is 14.4 Å². The molecule has 4 heteroatoms. The van der Waals surface area contributed by atoms with Gasteiger partial charge in [-0.1, -0.05) is 177 Å². The van der Waals surface area contributed by atoms with Gasteiger partial charge in [-0.25, -0.2) is 0 Å². The minimum Gasteiger partial charge on any atom is -0.311 e. The van der Waals surface area contributed by atoms with E-state index in [-0.39, 0.29) is 0 Å². The van der Waals surface area contributed by atoms with Gasteiger partial charge in [0.15, 0.2) is 0 Å². The molecule has 0 radical (unpaired) electrons. The molecule has 67 heavy (non-hydrogen) atoms. The Hall–Kier alpha value is -8.18.